The minimum atomic E-state index is -0.192. The van der Waals surface area contributed by atoms with Crippen molar-refractivity contribution in [3.63, 3.8) is 0 Å². The van der Waals surface area contributed by atoms with Gasteiger partial charge in [-0.3, -0.25) is 0 Å². The summed E-state index contributed by atoms with van der Waals surface area (Å²) in [7, 11) is 0. The van der Waals surface area contributed by atoms with Gasteiger partial charge in [0.05, 0.1) is 12.2 Å². The summed E-state index contributed by atoms with van der Waals surface area (Å²) in [5, 5.41) is 0. The topological polar surface area (TPSA) is 18.5 Å². The zero-order chi connectivity index (χ0) is 12.4. The Hall–Kier alpha value is -0.860. The maximum Gasteiger partial charge on any atom is 0.184 e. The second-order valence-electron chi connectivity index (χ2n) is 5.02. The number of aryl methyl sites for hydroxylation is 2. The molecule has 1 saturated heterocycles. The predicted octanol–water partition coefficient (Wildman–Crippen LogP) is 3.91. The van der Waals surface area contributed by atoms with E-state index in [2.05, 4.69) is 45.9 Å². The van der Waals surface area contributed by atoms with Gasteiger partial charge in [-0.25, -0.2) is 0 Å². The second-order valence-corrected chi connectivity index (χ2v) is 5.02. The molecule has 1 heterocycles. The quantitative estimate of drug-likeness (QED) is 0.772. The van der Waals surface area contributed by atoms with Crippen LogP contribution in [0.25, 0.3) is 0 Å². The van der Waals surface area contributed by atoms with E-state index in [1.54, 1.807) is 0 Å². The van der Waals surface area contributed by atoms with E-state index in [0.29, 0.717) is 6.10 Å². The van der Waals surface area contributed by atoms with Crippen molar-refractivity contribution in [2.75, 3.05) is 0 Å². The average molecular weight is 234 g/mol. The summed E-state index contributed by atoms with van der Waals surface area (Å²) in [6, 6.07) is 6.42. The van der Waals surface area contributed by atoms with Crippen LogP contribution in [0.5, 0.6) is 0 Å². The fourth-order valence-corrected chi connectivity index (χ4v) is 2.23. The van der Waals surface area contributed by atoms with Crippen LogP contribution >= 0.6 is 0 Å². The Labute approximate surface area is 104 Å². The van der Waals surface area contributed by atoms with Crippen LogP contribution < -0.4 is 0 Å². The maximum absolute atomic E-state index is 5.96. The summed E-state index contributed by atoms with van der Waals surface area (Å²) in [4.78, 5) is 0. The molecule has 2 heteroatoms. The molecule has 0 aromatic heterocycles. The van der Waals surface area contributed by atoms with E-state index in [-0.39, 0.29) is 12.4 Å². The van der Waals surface area contributed by atoms with Crippen molar-refractivity contribution in [3.8, 4) is 0 Å². The van der Waals surface area contributed by atoms with Crippen molar-refractivity contribution >= 4 is 0 Å². The molecule has 1 fully saturated rings. The molecule has 94 valence electrons. The molecule has 0 aliphatic carbocycles. The van der Waals surface area contributed by atoms with Crippen molar-refractivity contribution in [1.82, 2.24) is 0 Å². The summed E-state index contributed by atoms with van der Waals surface area (Å²) in [6.45, 7) is 8.54. The lowest BCUT2D eigenvalue weighted by Crippen LogP contribution is -2.31. The highest BCUT2D eigenvalue weighted by Crippen LogP contribution is 2.31. The van der Waals surface area contributed by atoms with Crippen molar-refractivity contribution < 1.29 is 9.47 Å². The van der Waals surface area contributed by atoms with Crippen molar-refractivity contribution in [2.24, 2.45) is 0 Å². The van der Waals surface area contributed by atoms with Gasteiger partial charge in [-0.1, -0.05) is 25.1 Å². The SMILES string of the molecule is CCC1CC(C)OC(c2ccc(C)c(C)c2)O1. The van der Waals surface area contributed by atoms with E-state index in [4.69, 9.17) is 9.47 Å². The van der Waals surface area contributed by atoms with Gasteiger partial charge < -0.3 is 9.47 Å². The highest BCUT2D eigenvalue weighted by Gasteiger charge is 2.27. The Kier molecular flexibility index (Phi) is 3.85. The maximum atomic E-state index is 5.96. The summed E-state index contributed by atoms with van der Waals surface area (Å²) in [6.07, 6.45) is 2.46. The third kappa shape index (κ3) is 2.88. The first-order valence-corrected chi connectivity index (χ1v) is 6.48. The largest absolute Gasteiger partial charge is 0.345 e. The number of hydrogen-bond donors (Lipinski definition) is 0. The number of ether oxygens (including phenoxy) is 2. The number of rotatable bonds is 2. The molecule has 3 atom stereocenters. The molecule has 2 nitrogen and oxygen atoms in total. The second kappa shape index (κ2) is 5.19. The zero-order valence-electron chi connectivity index (χ0n) is 11.2. The van der Waals surface area contributed by atoms with Gasteiger partial charge in [-0.15, -0.1) is 0 Å². The van der Waals surface area contributed by atoms with Crippen LogP contribution in [-0.2, 0) is 9.47 Å². The first kappa shape index (κ1) is 12.6. The highest BCUT2D eigenvalue weighted by molar-refractivity contribution is 5.30. The van der Waals surface area contributed by atoms with E-state index in [9.17, 15) is 0 Å². The van der Waals surface area contributed by atoms with Gasteiger partial charge in [0.1, 0.15) is 0 Å². The molecule has 2 rings (SSSR count). The third-order valence-corrected chi connectivity index (χ3v) is 3.53. The molecule has 17 heavy (non-hydrogen) atoms. The van der Waals surface area contributed by atoms with Crippen LogP contribution in [0.1, 0.15) is 49.7 Å². The Morgan fingerprint density at radius 2 is 1.94 bits per heavy atom. The monoisotopic (exact) mass is 234 g/mol. The van der Waals surface area contributed by atoms with Crippen molar-refractivity contribution in [2.45, 2.75) is 59.0 Å². The van der Waals surface area contributed by atoms with Gasteiger partial charge in [0.2, 0.25) is 0 Å². The molecular formula is C15H22O2. The Morgan fingerprint density at radius 1 is 1.18 bits per heavy atom. The minimum Gasteiger partial charge on any atom is -0.345 e. The molecule has 0 bridgehead atoms. The first-order valence-electron chi connectivity index (χ1n) is 6.48. The molecule has 1 aliphatic heterocycles. The molecule has 1 aliphatic rings. The zero-order valence-corrected chi connectivity index (χ0v) is 11.2. The van der Waals surface area contributed by atoms with Crippen LogP contribution in [0.4, 0.5) is 0 Å². The third-order valence-electron chi connectivity index (χ3n) is 3.53. The normalized spacial score (nSPS) is 29.3. The smallest absolute Gasteiger partial charge is 0.184 e. The molecule has 0 radical (unpaired) electrons. The number of benzene rings is 1. The standard InChI is InChI=1S/C15H22O2/c1-5-14-9-12(4)16-15(17-14)13-7-6-10(2)11(3)8-13/h6-8,12,14-15H,5,9H2,1-4H3. The average Bonchev–Trinajstić information content (AvgIpc) is 2.32. The molecule has 0 amide bonds. The molecule has 3 unspecified atom stereocenters. The van der Waals surface area contributed by atoms with Gasteiger partial charge >= 0.3 is 0 Å². The lowest BCUT2D eigenvalue weighted by atomic mass is 10.0. The lowest BCUT2D eigenvalue weighted by molar-refractivity contribution is -0.243. The molecule has 0 saturated carbocycles. The van der Waals surface area contributed by atoms with Crippen molar-refractivity contribution in [1.29, 1.82) is 0 Å². The van der Waals surface area contributed by atoms with Gasteiger partial charge in [0.25, 0.3) is 0 Å². The van der Waals surface area contributed by atoms with E-state index < -0.39 is 0 Å². The predicted molar refractivity (Wildman–Crippen MR) is 69.0 cm³/mol. The number of hydrogen-bond acceptors (Lipinski definition) is 2. The van der Waals surface area contributed by atoms with Crippen LogP contribution in [0, 0.1) is 13.8 Å². The van der Waals surface area contributed by atoms with E-state index in [0.717, 1.165) is 18.4 Å². The van der Waals surface area contributed by atoms with Crippen LogP contribution in [0.15, 0.2) is 18.2 Å². The molecular weight excluding hydrogens is 212 g/mol. The van der Waals surface area contributed by atoms with E-state index >= 15 is 0 Å². The Balaban J connectivity index is 2.17. The van der Waals surface area contributed by atoms with Crippen LogP contribution in [0.2, 0.25) is 0 Å². The highest BCUT2D eigenvalue weighted by atomic mass is 16.7. The fraction of sp³-hybridized carbons (Fsp3) is 0.600. The van der Waals surface area contributed by atoms with Crippen molar-refractivity contribution in [3.05, 3.63) is 34.9 Å². The lowest BCUT2D eigenvalue weighted by Gasteiger charge is -2.34. The summed E-state index contributed by atoms with van der Waals surface area (Å²) < 4.78 is 11.8. The van der Waals surface area contributed by atoms with E-state index in [1.807, 2.05) is 0 Å². The van der Waals surface area contributed by atoms with Crippen LogP contribution in [-0.4, -0.2) is 12.2 Å². The van der Waals surface area contributed by atoms with Gasteiger partial charge in [-0.2, -0.15) is 0 Å². The summed E-state index contributed by atoms with van der Waals surface area (Å²) >= 11 is 0. The molecule has 0 spiro atoms. The first-order chi connectivity index (χ1) is 8.10. The summed E-state index contributed by atoms with van der Waals surface area (Å²) in [5.41, 5.74) is 3.74. The minimum absolute atomic E-state index is 0.192. The molecule has 1 aromatic rings. The molecule has 0 N–H and O–H groups in total. The van der Waals surface area contributed by atoms with Crippen LogP contribution in [0.3, 0.4) is 0 Å². The van der Waals surface area contributed by atoms with E-state index in [1.165, 1.54) is 11.1 Å². The molecule has 1 aromatic carbocycles. The summed E-state index contributed by atoms with van der Waals surface area (Å²) in [5.74, 6) is 0. The Bertz CT molecular complexity index is 387. The van der Waals surface area contributed by atoms with Gasteiger partial charge in [0, 0.05) is 5.56 Å². The van der Waals surface area contributed by atoms with Gasteiger partial charge in [-0.05, 0) is 44.7 Å². The Morgan fingerprint density at radius 3 is 2.59 bits per heavy atom. The van der Waals surface area contributed by atoms with Gasteiger partial charge in [0.15, 0.2) is 6.29 Å². The fourth-order valence-electron chi connectivity index (χ4n) is 2.23.